The maximum Gasteiger partial charge on any atom is 0.517 e. The molecule has 2 heterocycles. The third kappa shape index (κ3) is 2.00. The van der Waals surface area contributed by atoms with Crippen molar-refractivity contribution >= 4 is 12.7 Å². The van der Waals surface area contributed by atoms with Gasteiger partial charge in [0.1, 0.15) is 17.5 Å². The first-order valence-corrected chi connectivity index (χ1v) is 5.68. The lowest BCUT2D eigenvalue weighted by molar-refractivity contribution is 0.00578. The average molecular weight is 248 g/mol. The van der Waals surface area contributed by atoms with Crippen molar-refractivity contribution in [3.8, 4) is 6.07 Å². The van der Waals surface area contributed by atoms with Crippen molar-refractivity contribution in [1.82, 2.24) is 4.98 Å². The molecule has 0 spiro atoms. The van der Waals surface area contributed by atoms with Crippen molar-refractivity contribution in [3.05, 3.63) is 23.6 Å². The SMILES string of the molecule is CC1(C)OB(c2ncc(C#N)cc2F)OC1(C)C. The molecule has 1 aliphatic rings. The van der Waals surface area contributed by atoms with Gasteiger partial charge in [-0.25, -0.2) is 4.39 Å². The standard InChI is InChI=1S/C12H14BFN2O2/c1-11(2)12(3,4)18-13(17-11)10-9(14)5-8(6-15)7-16-10/h5,7H,1-4H3. The highest BCUT2D eigenvalue weighted by Crippen LogP contribution is 2.36. The van der Waals surface area contributed by atoms with Gasteiger partial charge in [-0.1, -0.05) is 0 Å². The molecule has 2 rings (SSSR count). The van der Waals surface area contributed by atoms with Crippen LogP contribution in [0.1, 0.15) is 33.3 Å². The van der Waals surface area contributed by atoms with Crippen LogP contribution >= 0.6 is 0 Å². The fraction of sp³-hybridized carbons (Fsp3) is 0.500. The van der Waals surface area contributed by atoms with E-state index in [1.807, 2.05) is 33.8 Å². The van der Waals surface area contributed by atoms with Gasteiger partial charge in [0.05, 0.1) is 16.8 Å². The highest BCUT2D eigenvalue weighted by Gasteiger charge is 2.53. The molecule has 1 saturated heterocycles. The predicted molar refractivity (Wildman–Crippen MR) is 64.6 cm³/mol. The van der Waals surface area contributed by atoms with Gasteiger partial charge in [-0.2, -0.15) is 5.26 Å². The highest BCUT2D eigenvalue weighted by molar-refractivity contribution is 6.61. The second-order valence-electron chi connectivity index (χ2n) is 5.29. The van der Waals surface area contributed by atoms with E-state index in [0.29, 0.717) is 0 Å². The molecule has 0 aromatic carbocycles. The van der Waals surface area contributed by atoms with Gasteiger partial charge in [0.25, 0.3) is 0 Å². The maximum absolute atomic E-state index is 13.8. The Bertz CT molecular complexity index is 509. The Morgan fingerprint density at radius 1 is 1.28 bits per heavy atom. The Labute approximate surface area is 106 Å². The van der Waals surface area contributed by atoms with E-state index in [9.17, 15) is 4.39 Å². The molecule has 6 heteroatoms. The van der Waals surface area contributed by atoms with E-state index in [1.165, 1.54) is 6.20 Å². The lowest BCUT2D eigenvalue weighted by Gasteiger charge is -2.32. The lowest BCUT2D eigenvalue weighted by atomic mass is 9.83. The normalized spacial score (nSPS) is 20.8. The number of nitriles is 1. The van der Waals surface area contributed by atoms with Gasteiger partial charge in [-0.05, 0) is 33.8 Å². The van der Waals surface area contributed by atoms with Crippen molar-refractivity contribution in [2.24, 2.45) is 0 Å². The first kappa shape index (κ1) is 13.0. The number of pyridine rings is 1. The maximum atomic E-state index is 13.8. The Kier molecular flexibility index (Phi) is 2.92. The van der Waals surface area contributed by atoms with Gasteiger partial charge in [-0.15, -0.1) is 0 Å². The fourth-order valence-corrected chi connectivity index (χ4v) is 1.64. The van der Waals surface area contributed by atoms with Crippen LogP contribution in [0.5, 0.6) is 0 Å². The first-order chi connectivity index (χ1) is 8.27. The van der Waals surface area contributed by atoms with E-state index < -0.39 is 24.1 Å². The largest absolute Gasteiger partial charge is 0.517 e. The molecular formula is C12H14BFN2O2. The molecule has 94 valence electrons. The summed E-state index contributed by atoms with van der Waals surface area (Å²) in [5.74, 6) is -0.590. The van der Waals surface area contributed by atoms with E-state index in [1.54, 1.807) is 0 Å². The van der Waals surface area contributed by atoms with Crippen molar-refractivity contribution in [2.45, 2.75) is 38.9 Å². The van der Waals surface area contributed by atoms with Gasteiger partial charge < -0.3 is 9.31 Å². The average Bonchev–Trinajstić information content (AvgIpc) is 2.47. The summed E-state index contributed by atoms with van der Waals surface area (Å²) < 4.78 is 25.2. The zero-order valence-electron chi connectivity index (χ0n) is 10.8. The molecule has 0 saturated carbocycles. The molecule has 0 N–H and O–H groups in total. The molecule has 1 aromatic heterocycles. The van der Waals surface area contributed by atoms with Crippen LogP contribution in [0.25, 0.3) is 0 Å². The summed E-state index contributed by atoms with van der Waals surface area (Å²) in [6.07, 6.45) is 1.31. The summed E-state index contributed by atoms with van der Waals surface area (Å²) in [4.78, 5) is 3.91. The van der Waals surface area contributed by atoms with E-state index in [-0.39, 0.29) is 11.2 Å². The topological polar surface area (TPSA) is 55.1 Å². The van der Waals surface area contributed by atoms with Crippen molar-refractivity contribution in [3.63, 3.8) is 0 Å². The van der Waals surface area contributed by atoms with Gasteiger partial charge in [0.15, 0.2) is 0 Å². The molecule has 0 atom stereocenters. The summed E-state index contributed by atoms with van der Waals surface area (Å²) >= 11 is 0. The molecule has 18 heavy (non-hydrogen) atoms. The Hall–Kier alpha value is -1.45. The van der Waals surface area contributed by atoms with Crippen molar-refractivity contribution < 1.29 is 13.7 Å². The van der Waals surface area contributed by atoms with Gasteiger partial charge in [0, 0.05) is 6.20 Å². The molecule has 1 fully saturated rings. The Morgan fingerprint density at radius 3 is 2.28 bits per heavy atom. The Balaban J connectivity index is 2.33. The lowest BCUT2D eigenvalue weighted by Crippen LogP contribution is -2.41. The van der Waals surface area contributed by atoms with E-state index in [4.69, 9.17) is 14.6 Å². The number of aromatic nitrogens is 1. The van der Waals surface area contributed by atoms with Crippen LogP contribution < -0.4 is 5.59 Å². The van der Waals surface area contributed by atoms with E-state index in [2.05, 4.69) is 4.98 Å². The second-order valence-corrected chi connectivity index (χ2v) is 5.29. The summed E-state index contributed by atoms with van der Waals surface area (Å²) in [7, 11) is -0.845. The van der Waals surface area contributed by atoms with Crippen LogP contribution in [0, 0.1) is 17.1 Å². The second kappa shape index (κ2) is 4.04. The first-order valence-electron chi connectivity index (χ1n) is 5.68. The Morgan fingerprint density at radius 2 is 1.83 bits per heavy atom. The number of rotatable bonds is 1. The van der Waals surface area contributed by atoms with Gasteiger partial charge in [0.2, 0.25) is 0 Å². The van der Waals surface area contributed by atoms with Crippen LogP contribution in [0.2, 0.25) is 0 Å². The minimum absolute atomic E-state index is 0.0765. The zero-order chi connectivity index (χ0) is 13.6. The van der Waals surface area contributed by atoms with Gasteiger partial charge >= 0.3 is 7.12 Å². The molecule has 0 radical (unpaired) electrons. The van der Waals surface area contributed by atoms with Crippen molar-refractivity contribution in [1.29, 1.82) is 5.26 Å². The fourth-order valence-electron chi connectivity index (χ4n) is 1.64. The van der Waals surface area contributed by atoms with E-state index in [0.717, 1.165) is 6.07 Å². The summed E-state index contributed by atoms with van der Waals surface area (Å²) in [6, 6.07) is 2.97. The molecule has 1 aromatic rings. The van der Waals surface area contributed by atoms with Crippen LogP contribution in [0.3, 0.4) is 0 Å². The molecule has 0 aliphatic carbocycles. The molecule has 1 aliphatic heterocycles. The third-order valence-corrected chi connectivity index (χ3v) is 3.48. The monoisotopic (exact) mass is 248 g/mol. The van der Waals surface area contributed by atoms with Crippen LogP contribution in [0.4, 0.5) is 4.39 Å². The minimum Gasteiger partial charge on any atom is -0.398 e. The number of hydrogen-bond acceptors (Lipinski definition) is 4. The molecule has 0 bridgehead atoms. The highest BCUT2D eigenvalue weighted by atomic mass is 19.1. The minimum atomic E-state index is -0.845. The van der Waals surface area contributed by atoms with Crippen LogP contribution in [-0.2, 0) is 9.31 Å². The zero-order valence-corrected chi connectivity index (χ0v) is 10.8. The molecular weight excluding hydrogens is 234 g/mol. The molecule has 0 amide bonds. The molecule has 0 unspecified atom stereocenters. The van der Waals surface area contributed by atoms with Crippen molar-refractivity contribution in [2.75, 3.05) is 0 Å². The van der Waals surface area contributed by atoms with E-state index >= 15 is 0 Å². The summed E-state index contributed by atoms with van der Waals surface area (Å²) in [5.41, 5.74) is -0.834. The van der Waals surface area contributed by atoms with Gasteiger partial charge in [-0.3, -0.25) is 4.98 Å². The summed E-state index contributed by atoms with van der Waals surface area (Å²) in [5, 5.41) is 8.67. The quantitative estimate of drug-likeness (QED) is 0.704. The van der Waals surface area contributed by atoms with Crippen LogP contribution in [-0.4, -0.2) is 23.3 Å². The molecule has 4 nitrogen and oxygen atoms in total. The van der Waals surface area contributed by atoms with Crippen LogP contribution in [0.15, 0.2) is 12.3 Å². The number of nitrogens with zero attached hydrogens (tertiary/aromatic N) is 2. The smallest absolute Gasteiger partial charge is 0.398 e. The summed E-state index contributed by atoms with van der Waals surface area (Å²) in [6.45, 7) is 7.53. The predicted octanol–water partition coefficient (Wildman–Crippen LogP) is 1.39. The third-order valence-electron chi connectivity index (χ3n) is 3.48. The number of hydrogen-bond donors (Lipinski definition) is 0. The number of halogens is 1.